The number of aromatic hydroxyl groups is 1. The van der Waals surface area contributed by atoms with Crippen molar-refractivity contribution < 1.29 is 9.90 Å². The maximum Gasteiger partial charge on any atom is 0.234 e. The van der Waals surface area contributed by atoms with Crippen LogP contribution in [-0.2, 0) is 4.79 Å². The van der Waals surface area contributed by atoms with Gasteiger partial charge >= 0.3 is 0 Å². The highest BCUT2D eigenvalue weighted by atomic mass is 32.2. The van der Waals surface area contributed by atoms with Crippen LogP contribution in [0, 0.1) is 13.8 Å². The standard InChI is InChI=1S/C28H23N3O2S2/c1-17-7-9-21(13-18(17)2)30-27(33)16-34-28-31-24-11-10-20(14-26(24)35-28)29-15-23-22-6-4-3-5-19(22)8-12-25(23)32/h3-15,32H,16H2,1-2H3,(H,30,33). The van der Waals surface area contributed by atoms with E-state index in [4.69, 9.17) is 0 Å². The maximum absolute atomic E-state index is 12.4. The minimum Gasteiger partial charge on any atom is -0.507 e. The van der Waals surface area contributed by atoms with Crippen LogP contribution in [0.4, 0.5) is 11.4 Å². The number of aromatic nitrogens is 1. The number of carbonyl (C=O) groups excluding carboxylic acids is 1. The Balaban J connectivity index is 1.28. The Kier molecular flexibility index (Phi) is 6.53. The molecular formula is C28H23N3O2S2. The largest absolute Gasteiger partial charge is 0.507 e. The van der Waals surface area contributed by atoms with Crippen molar-refractivity contribution in [1.82, 2.24) is 4.98 Å². The number of thiazole rings is 1. The quantitative estimate of drug-likeness (QED) is 0.191. The minimum atomic E-state index is -0.0577. The summed E-state index contributed by atoms with van der Waals surface area (Å²) in [5, 5.41) is 15.3. The van der Waals surface area contributed by atoms with Gasteiger partial charge in [0, 0.05) is 17.5 Å². The van der Waals surface area contributed by atoms with E-state index in [1.54, 1.807) is 23.6 Å². The van der Waals surface area contributed by atoms with Crippen molar-refractivity contribution in [3.05, 3.63) is 89.5 Å². The Morgan fingerprint density at radius 2 is 1.91 bits per heavy atom. The molecular weight excluding hydrogens is 474 g/mol. The van der Waals surface area contributed by atoms with Gasteiger partial charge < -0.3 is 10.4 Å². The molecule has 1 amide bonds. The Morgan fingerprint density at radius 1 is 1.06 bits per heavy atom. The molecule has 0 aliphatic carbocycles. The van der Waals surface area contributed by atoms with Crippen molar-refractivity contribution in [3.63, 3.8) is 0 Å². The van der Waals surface area contributed by atoms with Gasteiger partial charge in [0.15, 0.2) is 4.34 Å². The van der Waals surface area contributed by atoms with Gasteiger partial charge in [-0.25, -0.2) is 4.98 Å². The van der Waals surface area contributed by atoms with Gasteiger partial charge in [-0.15, -0.1) is 11.3 Å². The molecule has 4 aromatic carbocycles. The summed E-state index contributed by atoms with van der Waals surface area (Å²) >= 11 is 2.96. The number of amides is 1. The number of nitrogens with one attached hydrogen (secondary N) is 1. The zero-order chi connectivity index (χ0) is 24.4. The van der Waals surface area contributed by atoms with E-state index in [1.165, 1.54) is 17.3 Å². The van der Waals surface area contributed by atoms with Gasteiger partial charge in [-0.05, 0) is 72.1 Å². The Bertz CT molecular complexity index is 1590. The van der Waals surface area contributed by atoms with Crippen molar-refractivity contribution in [2.24, 2.45) is 4.99 Å². The van der Waals surface area contributed by atoms with Crippen LogP contribution in [0.5, 0.6) is 5.75 Å². The summed E-state index contributed by atoms with van der Waals surface area (Å²) in [6.07, 6.45) is 1.70. The molecule has 7 heteroatoms. The summed E-state index contributed by atoms with van der Waals surface area (Å²) in [7, 11) is 0. The molecule has 2 N–H and O–H groups in total. The molecule has 35 heavy (non-hydrogen) atoms. The highest BCUT2D eigenvalue weighted by Crippen LogP contribution is 2.32. The molecule has 0 unspecified atom stereocenters. The molecule has 1 aromatic heterocycles. The summed E-state index contributed by atoms with van der Waals surface area (Å²) in [4.78, 5) is 21.6. The molecule has 0 radical (unpaired) electrons. The number of aliphatic imine (C=N–C) groups is 1. The smallest absolute Gasteiger partial charge is 0.234 e. The van der Waals surface area contributed by atoms with Gasteiger partial charge in [0.25, 0.3) is 0 Å². The topological polar surface area (TPSA) is 74.6 Å². The maximum atomic E-state index is 12.4. The second kappa shape index (κ2) is 9.90. The number of benzene rings is 4. The molecule has 0 aliphatic heterocycles. The molecule has 5 nitrogen and oxygen atoms in total. The highest BCUT2D eigenvalue weighted by molar-refractivity contribution is 8.01. The first-order valence-electron chi connectivity index (χ1n) is 11.1. The van der Waals surface area contributed by atoms with Crippen LogP contribution in [0.2, 0.25) is 0 Å². The third kappa shape index (κ3) is 5.21. The molecule has 0 atom stereocenters. The lowest BCUT2D eigenvalue weighted by molar-refractivity contribution is -0.113. The Labute approximate surface area is 211 Å². The van der Waals surface area contributed by atoms with Crippen LogP contribution < -0.4 is 5.32 Å². The predicted octanol–water partition coefficient (Wildman–Crippen LogP) is 7.25. The fraction of sp³-hybridized carbons (Fsp3) is 0.107. The average molecular weight is 498 g/mol. The van der Waals surface area contributed by atoms with Crippen molar-refractivity contribution >= 4 is 67.6 Å². The SMILES string of the molecule is Cc1ccc(NC(=O)CSc2nc3ccc(N=Cc4c(O)ccc5ccccc45)cc3s2)cc1C. The highest BCUT2D eigenvalue weighted by Gasteiger charge is 2.10. The van der Waals surface area contributed by atoms with E-state index in [2.05, 4.69) is 15.3 Å². The van der Waals surface area contributed by atoms with Gasteiger partial charge in [0.2, 0.25) is 5.91 Å². The van der Waals surface area contributed by atoms with Gasteiger partial charge in [0.05, 0.1) is 21.7 Å². The summed E-state index contributed by atoms with van der Waals surface area (Å²) in [6, 6.07) is 23.2. The van der Waals surface area contributed by atoms with E-state index in [0.717, 1.165) is 42.3 Å². The predicted molar refractivity (Wildman–Crippen MR) is 148 cm³/mol. The van der Waals surface area contributed by atoms with E-state index in [0.29, 0.717) is 5.56 Å². The van der Waals surface area contributed by atoms with Crippen LogP contribution in [0.1, 0.15) is 16.7 Å². The number of fused-ring (bicyclic) bond motifs is 2. The number of rotatable bonds is 6. The molecule has 0 spiro atoms. The van der Waals surface area contributed by atoms with Crippen LogP contribution >= 0.6 is 23.1 Å². The average Bonchev–Trinajstić information content (AvgIpc) is 3.27. The van der Waals surface area contributed by atoms with Crippen molar-refractivity contribution in [2.45, 2.75) is 18.2 Å². The molecule has 5 rings (SSSR count). The summed E-state index contributed by atoms with van der Waals surface area (Å²) < 4.78 is 1.84. The molecule has 1 heterocycles. The molecule has 0 fully saturated rings. The van der Waals surface area contributed by atoms with Crippen molar-refractivity contribution in [3.8, 4) is 5.75 Å². The molecule has 0 bridgehead atoms. The normalized spacial score (nSPS) is 11.5. The number of hydrogen-bond donors (Lipinski definition) is 2. The lowest BCUT2D eigenvalue weighted by Gasteiger charge is -2.06. The van der Waals surface area contributed by atoms with Gasteiger partial charge in [0.1, 0.15) is 5.75 Å². The van der Waals surface area contributed by atoms with Gasteiger partial charge in [-0.3, -0.25) is 9.79 Å². The van der Waals surface area contributed by atoms with Crippen molar-refractivity contribution in [1.29, 1.82) is 0 Å². The van der Waals surface area contributed by atoms with Crippen LogP contribution in [0.15, 0.2) is 82.1 Å². The number of anilines is 1. The first kappa shape index (κ1) is 23.1. The minimum absolute atomic E-state index is 0.0577. The second-order valence-electron chi connectivity index (χ2n) is 8.25. The molecule has 0 saturated heterocycles. The lowest BCUT2D eigenvalue weighted by atomic mass is 10.0. The van der Waals surface area contributed by atoms with E-state index in [1.807, 2.05) is 80.6 Å². The first-order chi connectivity index (χ1) is 17.0. The molecule has 5 aromatic rings. The number of phenols is 1. The van der Waals surface area contributed by atoms with Crippen LogP contribution in [0.3, 0.4) is 0 Å². The van der Waals surface area contributed by atoms with Crippen LogP contribution in [0.25, 0.3) is 21.0 Å². The summed E-state index contributed by atoms with van der Waals surface area (Å²) in [5.41, 5.74) is 5.50. The third-order valence-corrected chi connectivity index (χ3v) is 7.92. The number of phenolic OH excluding ortho intramolecular Hbond substituents is 1. The number of nitrogens with zero attached hydrogens (tertiary/aromatic N) is 2. The monoisotopic (exact) mass is 497 g/mol. The number of aryl methyl sites for hydroxylation is 2. The summed E-state index contributed by atoms with van der Waals surface area (Å²) in [5.74, 6) is 0.430. The van der Waals surface area contributed by atoms with E-state index in [-0.39, 0.29) is 17.4 Å². The first-order valence-corrected chi connectivity index (χ1v) is 12.9. The molecule has 0 aliphatic rings. The third-order valence-electron chi connectivity index (χ3n) is 5.76. The zero-order valence-corrected chi connectivity index (χ0v) is 20.9. The van der Waals surface area contributed by atoms with E-state index < -0.39 is 0 Å². The molecule has 0 saturated carbocycles. The van der Waals surface area contributed by atoms with Gasteiger partial charge in [-0.2, -0.15) is 0 Å². The number of carbonyl (C=O) groups is 1. The lowest BCUT2D eigenvalue weighted by Crippen LogP contribution is -2.14. The van der Waals surface area contributed by atoms with Crippen LogP contribution in [-0.4, -0.2) is 28.0 Å². The number of thioether (sulfide) groups is 1. The van der Waals surface area contributed by atoms with Crippen molar-refractivity contribution in [2.75, 3.05) is 11.1 Å². The van der Waals surface area contributed by atoms with E-state index >= 15 is 0 Å². The fourth-order valence-electron chi connectivity index (χ4n) is 3.74. The Hall–Kier alpha value is -3.68. The fourth-order valence-corrected chi connectivity index (χ4v) is 5.64. The second-order valence-corrected chi connectivity index (χ2v) is 10.5. The number of hydrogen-bond acceptors (Lipinski definition) is 6. The Morgan fingerprint density at radius 3 is 2.77 bits per heavy atom. The van der Waals surface area contributed by atoms with E-state index in [9.17, 15) is 9.90 Å². The molecule has 174 valence electrons. The zero-order valence-electron chi connectivity index (χ0n) is 19.3. The van der Waals surface area contributed by atoms with Gasteiger partial charge in [-0.1, -0.05) is 48.2 Å². The summed E-state index contributed by atoms with van der Waals surface area (Å²) in [6.45, 7) is 4.08.